The van der Waals surface area contributed by atoms with Crippen molar-refractivity contribution in [3.05, 3.63) is 53.5 Å². The van der Waals surface area contributed by atoms with Crippen molar-refractivity contribution < 1.29 is 9.18 Å². The van der Waals surface area contributed by atoms with Gasteiger partial charge in [0.25, 0.3) is 5.91 Å². The average Bonchev–Trinajstić information content (AvgIpc) is 2.52. The number of anilines is 1. The first kappa shape index (κ1) is 15.9. The second-order valence-corrected chi connectivity index (χ2v) is 5.35. The predicted molar refractivity (Wildman–Crippen MR) is 82.9 cm³/mol. The van der Waals surface area contributed by atoms with E-state index in [0.717, 1.165) is 6.54 Å². The molecule has 22 heavy (non-hydrogen) atoms. The smallest absolute Gasteiger partial charge is 0.272 e. The molecule has 0 saturated heterocycles. The maximum atomic E-state index is 13.5. The van der Waals surface area contributed by atoms with Crippen LogP contribution in [0.5, 0.6) is 0 Å². The topological polar surface area (TPSA) is 66.9 Å². The van der Waals surface area contributed by atoms with Crippen molar-refractivity contribution >= 4 is 11.7 Å². The highest BCUT2D eigenvalue weighted by atomic mass is 19.1. The van der Waals surface area contributed by atoms with E-state index < -0.39 is 0 Å². The molecule has 0 unspecified atom stereocenters. The van der Waals surface area contributed by atoms with Crippen molar-refractivity contribution in [2.24, 2.45) is 5.92 Å². The number of nitrogens with zero attached hydrogens (tertiary/aromatic N) is 2. The van der Waals surface area contributed by atoms with Crippen molar-refractivity contribution in [1.82, 2.24) is 15.5 Å². The molecule has 0 saturated carbocycles. The van der Waals surface area contributed by atoms with Gasteiger partial charge in [0.05, 0.1) is 0 Å². The summed E-state index contributed by atoms with van der Waals surface area (Å²) in [6, 6.07) is 9.60. The number of carbonyl (C=O) groups excluding carboxylic acids is 1. The molecule has 5 nitrogen and oxygen atoms in total. The summed E-state index contributed by atoms with van der Waals surface area (Å²) in [5.74, 6) is 0.387. The molecular formula is C16H19FN4O. The van der Waals surface area contributed by atoms with E-state index in [1.165, 1.54) is 6.07 Å². The van der Waals surface area contributed by atoms with Gasteiger partial charge in [-0.15, -0.1) is 10.2 Å². The second kappa shape index (κ2) is 7.49. The van der Waals surface area contributed by atoms with Crippen LogP contribution in [-0.2, 0) is 6.54 Å². The fourth-order valence-electron chi connectivity index (χ4n) is 1.76. The van der Waals surface area contributed by atoms with E-state index in [-0.39, 0.29) is 24.0 Å². The number of rotatable bonds is 6. The van der Waals surface area contributed by atoms with Crippen LogP contribution in [0.4, 0.5) is 10.2 Å². The molecule has 0 radical (unpaired) electrons. The molecule has 1 aromatic heterocycles. The van der Waals surface area contributed by atoms with Crippen LogP contribution in [0.3, 0.4) is 0 Å². The Morgan fingerprint density at radius 2 is 1.95 bits per heavy atom. The SMILES string of the molecule is CC(C)CNc1ccc(C(=O)NCc2ccccc2F)nn1. The van der Waals surface area contributed by atoms with Gasteiger partial charge in [0.2, 0.25) is 0 Å². The summed E-state index contributed by atoms with van der Waals surface area (Å²) in [6.07, 6.45) is 0. The molecule has 0 fully saturated rings. The van der Waals surface area contributed by atoms with Crippen LogP contribution in [0.1, 0.15) is 29.9 Å². The van der Waals surface area contributed by atoms with Crippen LogP contribution in [-0.4, -0.2) is 22.6 Å². The normalized spacial score (nSPS) is 10.5. The standard InChI is InChI=1S/C16H19FN4O/c1-11(2)9-18-15-8-7-14(20-21-15)16(22)19-10-12-5-3-4-6-13(12)17/h3-8,11H,9-10H2,1-2H3,(H,18,21)(H,19,22). The highest BCUT2D eigenvalue weighted by Crippen LogP contribution is 2.07. The molecule has 1 heterocycles. The molecule has 2 N–H and O–H groups in total. The Kier molecular flexibility index (Phi) is 5.41. The molecule has 0 aliphatic rings. The van der Waals surface area contributed by atoms with E-state index in [0.29, 0.717) is 17.3 Å². The summed E-state index contributed by atoms with van der Waals surface area (Å²) < 4.78 is 13.5. The van der Waals surface area contributed by atoms with Crippen LogP contribution >= 0.6 is 0 Å². The van der Waals surface area contributed by atoms with Gasteiger partial charge in [0.1, 0.15) is 11.6 Å². The molecule has 0 aliphatic heterocycles. The Labute approximate surface area is 129 Å². The Balaban J connectivity index is 1.91. The average molecular weight is 302 g/mol. The van der Waals surface area contributed by atoms with E-state index in [9.17, 15) is 9.18 Å². The van der Waals surface area contributed by atoms with Crippen molar-refractivity contribution in [2.75, 3.05) is 11.9 Å². The number of nitrogens with one attached hydrogen (secondary N) is 2. The first-order valence-electron chi connectivity index (χ1n) is 7.15. The van der Waals surface area contributed by atoms with Gasteiger partial charge in [0, 0.05) is 18.7 Å². The Morgan fingerprint density at radius 1 is 1.18 bits per heavy atom. The zero-order valence-corrected chi connectivity index (χ0v) is 12.6. The summed E-state index contributed by atoms with van der Waals surface area (Å²) in [6.45, 7) is 5.07. The van der Waals surface area contributed by atoms with Crippen molar-refractivity contribution in [2.45, 2.75) is 20.4 Å². The van der Waals surface area contributed by atoms with Crippen LogP contribution in [0.2, 0.25) is 0 Å². The third-order valence-electron chi connectivity index (χ3n) is 2.99. The van der Waals surface area contributed by atoms with Gasteiger partial charge >= 0.3 is 0 Å². The molecule has 0 aliphatic carbocycles. The van der Waals surface area contributed by atoms with Crippen molar-refractivity contribution in [3.8, 4) is 0 Å². The molecule has 116 valence electrons. The molecule has 1 amide bonds. The molecule has 0 bridgehead atoms. The fourth-order valence-corrected chi connectivity index (χ4v) is 1.76. The van der Waals surface area contributed by atoms with E-state index in [2.05, 4.69) is 34.7 Å². The van der Waals surface area contributed by atoms with Gasteiger partial charge in [-0.1, -0.05) is 32.0 Å². The van der Waals surface area contributed by atoms with Gasteiger partial charge in [-0.2, -0.15) is 0 Å². The van der Waals surface area contributed by atoms with Crippen molar-refractivity contribution in [3.63, 3.8) is 0 Å². The first-order valence-corrected chi connectivity index (χ1v) is 7.15. The number of amides is 1. The molecule has 1 aromatic carbocycles. The first-order chi connectivity index (χ1) is 10.6. The lowest BCUT2D eigenvalue weighted by Gasteiger charge is -2.08. The Morgan fingerprint density at radius 3 is 2.59 bits per heavy atom. The summed E-state index contributed by atoms with van der Waals surface area (Å²) in [5, 5.41) is 13.6. The minimum absolute atomic E-state index is 0.112. The quantitative estimate of drug-likeness (QED) is 0.861. The number of hydrogen-bond donors (Lipinski definition) is 2. The van der Waals surface area contributed by atoms with Crippen LogP contribution < -0.4 is 10.6 Å². The predicted octanol–water partition coefficient (Wildman–Crippen LogP) is 2.61. The summed E-state index contributed by atoms with van der Waals surface area (Å²) in [4.78, 5) is 12.0. The van der Waals surface area contributed by atoms with Gasteiger partial charge < -0.3 is 10.6 Å². The van der Waals surface area contributed by atoms with Crippen LogP contribution in [0.25, 0.3) is 0 Å². The highest BCUT2D eigenvalue weighted by Gasteiger charge is 2.09. The van der Waals surface area contributed by atoms with Crippen molar-refractivity contribution in [1.29, 1.82) is 0 Å². The Hall–Kier alpha value is -2.50. The Bertz CT molecular complexity index is 628. The zero-order chi connectivity index (χ0) is 15.9. The molecule has 2 rings (SSSR count). The minimum Gasteiger partial charge on any atom is -0.368 e. The molecule has 0 spiro atoms. The highest BCUT2D eigenvalue weighted by molar-refractivity contribution is 5.92. The van der Waals surface area contributed by atoms with Gasteiger partial charge in [-0.25, -0.2) is 4.39 Å². The largest absolute Gasteiger partial charge is 0.368 e. The van der Waals surface area contributed by atoms with E-state index in [4.69, 9.17) is 0 Å². The summed E-state index contributed by atoms with van der Waals surface area (Å²) in [7, 11) is 0. The maximum absolute atomic E-state index is 13.5. The number of benzene rings is 1. The third kappa shape index (κ3) is 4.51. The zero-order valence-electron chi connectivity index (χ0n) is 12.6. The third-order valence-corrected chi connectivity index (χ3v) is 2.99. The second-order valence-electron chi connectivity index (χ2n) is 5.35. The number of hydrogen-bond acceptors (Lipinski definition) is 4. The molecule has 2 aromatic rings. The summed E-state index contributed by atoms with van der Waals surface area (Å²) >= 11 is 0. The number of halogens is 1. The maximum Gasteiger partial charge on any atom is 0.272 e. The lowest BCUT2D eigenvalue weighted by Crippen LogP contribution is -2.24. The fraction of sp³-hybridized carbons (Fsp3) is 0.312. The van der Waals surface area contributed by atoms with E-state index >= 15 is 0 Å². The van der Waals surface area contributed by atoms with E-state index in [1.807, 2.05) is 0 Å². The molecular weight excluding hydrogens is 283 g/mol. The van der Waals surface area contributed by atoms with Gasteiger partial charge in [0.15, 0.2) is 5.69 Å². The molecule has 6 heteroatoms. The molecule has 0 atom stereocenters. The lowest BCUT2D eigenvalue weighted by molar-refractivity contribution is 0.0944. The van der Waals surface area contributed by atoms with E-state index in [1.54, 1.807) is 30.3 Å². The monoisotopic (exact) mass is 302 g/mol. The van der Waals surface area contributed by atoms with Crippen LogP contribution in [0, 0.1) is 11.7 Å². The summed E-state index contributed by atoms with van der Waals surface area (Å²) in [5.41, 5.74) is 0.630. The van der Waals surface area contributed by atoms with Gasteiger partial charge in [-0.3, -0.25) is 4.79 Å². The number of carbonyl (C=O) groups is 1. The van der Waals surface area contributed by atoms with Crippen LogP contribution in [0.15, 0.2) is 36.4 Å². The van der Waals surface area contributed by atoms with Gasteiger partial charge in [-0.05, 0) is 24.1 Å². The minimum atomic E-state index is -0.383. The lowest BCUT2D eigenvalue weighted by atomic mass is 10.2. The number of aromatic nitrogens is 2.